The molecule has 2 saturated heterocycles. The van der Waals surface area contributed by atoms with Gasteiger partial charge in [-0.05, 0) is 37.1 Å². The molecule has 32 heavy (non-hydrogen) atoms. The molecule has 0 aromatic heterocycles. The number of sulfonamides is 1. The average molecular weight is 463 g/mol. The van der Waals surface area contributed by atoms with Crippen LogP contribution in [0.4, 0.5) is 17.1 Å². The summed E-state index contributed by atoms with van der Waals surface area (Å²) in [6.45, 7) is 2.85. The third-order valence-electron chi connectivity index (χ3n) is 5.74. The van der Waals surface area contributed by atoms with Crippen LogP contribution in [-0.4, -0.2) is 62.1 Å². The Hall–Kier alpha value is -2.73. The van der Waals surface area contributed by atoms with Crippen molar-refractivity contribution in [2.75, 3.05) is 49.6 Å². The number of hydrogen-bond donors (Lipinski definition) is 2. The molecule has 11 heteroatoms. The number of morpholine rings is 1. The van der Waals surface area contributed by atoms with Crippen molar-refractivity contribution in [3.05, 3.63) is 58.1 Å². The minimum absolute atomic E-state index is 0.0969. The summed E-state index contributed by atoms with van der Waals surface area (Å²) in [5.74, 6) is 0. The molecule has 4 rings (SSSR count). The van der Waals surface area contributed by atoms with Crippen molar-refractivity contribution in [1.29, 1.82) is 0 Å². The van der Waals surface area contributed by atoms with Gasteiger partial charge in [0.25, 0.3) is 5.69 Å². The first-order valence-electron chi connectivity index (χ1n) is 10.5. The van der Waals surface area contributed by atoms with Crippen LogP contribution in [0.5, 0.6) is 0 Å². The zero-order chi connectivity index (χ0) is 22.7. The molecule has 2 aromatic rings. The summed E-state index contributed by atoms with van der Waals surface area (Å²) in [5, 5.41) is 25.1. The lowest BCUT2D eigenvalue weighted by Crippen LogP contribution is -2.40. The summed E-state index contributed by atoms with van der Waals surface area (Å²) in [7, 11) is -3.74. The second-order valence-corrected chi connectivity index (χ2v) is 9.69. The summed E-state index contributed by atoms with van der Waals surface area (Å²) in [4.78, 5) is 13.0. The number of nitrogens with zero attached hydrogens (tertiary/aromatic N) is 3. The normalized spacial score (nSPS) is 18.5. The molecular weight excluding hydrogens is 436 g/mol. The number of ether oxygens (including phenoxy) is 1. The highest BCUT2D eigenvalue weighted by molar-refractivity contribution is 7.89. The minimum atomic E-state index is -3.74. The summed E-state index contributed by atoms with van der Waals surface area (Å²) in [5.41, 5.74) is 1.05. The SMILES string of the molecule is O=[N+]([O-])c1ccccc1C(O)Nc1cc(S(=O)(=O)N2CCOCC2)ccc1N1CCCC1. The van der Waals surface area contributed by atoms with Crippen LogP contribution < -0.4 is 10.2 Å². The number of nitro benzene ring substituents is 1. The maximum Gasteiger partial charge on any atom is 0.277 e. The predicted molar refractivity (Wildman–Crippen MR) is 119 cm³/mol. The molecule has 10 nitrogen and oxygen atoms in total. The molecular formula is C21H26N4O6S. The molecule has 1 atom stereocenters. The molecule has 172 valence electrons. The Balaban J connectivity index is 1.70. The second-order valence-electron chi connectivity index (χ2n) is 7.75. The van der Waals surface area contributed by atoms with E-state index in [4.69, 9.17) is 4.74 Å². The standard InChI is InChI=1S/C21H26N4O6S/c26-21(17-5-1-2-6-19(17)25(27)28)22-18-15-16(7-8-20(18)23-9-3-4-10-23)32(29,30)24-11-13-31-14-12-24/h1-2,5-8,15,21-22,26H,3-4,9-14H2. The molecule has 0 aliphatic carbocycles. The highest BCUT2D eigenvalue weighted by atomic mass is 32.2. The smallest absolute Gasteiger partial charge is 0.277 e. The molecule has 2 aromatic carbocycles. The van der Waals surface area contributed by atoms with Gasteiger partial charge in [0.15, 0.2) is 6.23 Å². The van der Waals surface area contributed by atoms with Gasteiger partial charge in [0.05, 0.1) is 40.0 Å². The van der Waals surface area contributed by atoms with Crippen molar-refractivity contribution in [3.63, 3.8) is 0 Å². The summed E-state index contributed by atoms with van der Waals surface area (Å²) in [6.07, 6.45) is 0.638. The van der Waals surface area contributed by atoms with Gasteiger partial charge >= 0.3 is 0 Å². The molecule has 1 unspecified atom stereocenters. The molecule has 2 heterocycles. The fourth-order valence-electron chi connectivity index (χ4n) is 4.07. The van der Waals surface area contributed by atoms with Crippen LogP contribution in [0.25, 0.3) is 0 Å². The van der Waals surface area contributed by atoms with Gasteiger partial charge in [-0.1, -0.05) is 12.1 Å². The summed E-state index contributed by atoms with van der Waals surface area (Å²) in [6, 6.07) is 10.7. The van der Waals surface area contributed by atoms with Crippen LogP contribution in [0.2, 0.25) is 0 Å². The Labute approximate surface area is 186 Å². The van der Waals surface area contributed by atoms with E-state index < -0.39 is 21.2 Å². The van der Waals surface area contributed by atoms with Gasteiger partial charge in [0.2, 0.25) is 10.0 Å². The fourth-order valence-corrected chi connectivity index (χ4v) is 5.51. The van der Waals surface area contributed by atoms with Gasteiger partial charge < -0.3 is 20.1 Å². The molecule has 0 spiro atoms. The van der Waals surface area contributed by atoms with Crippen molar-refractivity contribution in [1.82, 2.24) is 4.31 Å². The molecule has 2 aliphatic heterocycles. The first-order chi connectivity index (χ1) is 15.4. The van der Waals surface area contributed by atoms with Crippen molar-refractivity contribution < 1.29 is 23.2 Å². The zero-order valence-electron chi connectivity index (χ0n) is 17.5. The third kappa shape index (κ3) is 4.56. The Bertz CT molecular complexity index is 1080. The van der Waals surface area contributed by atoms with E-state index >= 15 is 0 Å². The second kappa shape index (κ2) is 9.41. The van der Waals surface area contributed by atoms with Gasteiger partial charge in [-0.25, -0.2) is 8.42 Å². The maximum absolute atomic E-state index is 13.1. The van der Waals surface area contributed by atoms with E-state index in [9.17, 15) is 23.6 Å². The number of hydrogen-bond acceptors (Lipinski definition) is 8. The molecule has 2 fully saturated rings. The lowest BCUT2D eigenvalue weighted by molar-refractivity contribution is -0.386. The van der Waals surface area contributed by atoms with Crippen molar-refractivity contribution in [2.45, 2.75) is 24.0 Å². The van der Waals surface area contributed by atoms with Crippen LogP contribution >= 0.6 is 0 Å². The largest absolute Gasteiger partial charge is 0.379 e. The topological polar surface area (TPSA) is 125 Å². The fraction of sp³-hybridized carbons (Fsp3) is 0.429. The lowest BCUT2D eigenvalue weighted by Gasteiger charge is -2.28. The number of nitro groups is 1. The summed E-state index contributed by atoms with van der Waals surface area (Å²) >= 11 is 0. The van der Waals surface area contributed by atoms with Gasteiger partial charge in [-0.15, -0.1) is 0 Å². The van der Waals surface area contributed by atoms with E-state index in [0.29, 0.717) is 18.9 Å². The van der Waals surface area contributed by atoms with E-state index in [1.807, 2.05) is 0 Å². The Morgan fingerprint density at radius 2 is 1.75 bits per heavy atom. The lowest BCUT2D eigenvalue weighted by atomic mass is 10.1. The number of rotatable bonds is 7. The van der Waals surface area contributed by atoms with Crippen molar-refractivity contribution >= 4 is 27.1 Å². The molecule has 0 saturated carbocycles. The molecule has 0 bridgehead atoms. The predicted octanol–water partition coefficient (Wildman–Crippen LogP) is 2.32. The molecule has 2 aliphatic rings. The Morgan fingerprint density at radius 1 is 1.06 bits per heavy atom. The highest BCUT2D eigenvalue weighted by Crippen LogP contribution is 2.35. The van der Waals surface area contributed by atoms with Gasteiger partial charge in [-0.3, -0.25) is 10.1 Å². The number of para-hydroxylation sites is 1. The number of nitrogens with one attached hydrogen (secondary N) is 1. The van der Waals surface area contributed by atoms with Crippen LogP contribution in [0.1, 0.15) is 24.6 Å². The number of anilines is 2. The van der Waals surface area contributed by atoms with Gasteiger partial charge in [0.1, 0.15) is 0 Å². The average Bonchev–Trinajstić information content (AvgIpc) is 3.34. The molecule has 2 N–H and O–H groups in total. The Morgan fingerprint density at radius 3 is 2.44 bits per heavy atom. The van der Waals surface area contributed by atoms with Crippen LogP contribution in [0.3, 0.4) is 0 Å². The summed E-state index contributed by atoms with van der Waals surface area (Å²) < 4.78 is 32.9. The quantitative estimate of drug-likeness (QED) is 0.365. The minimum Gasteiger partial charge on any atom is -0.379 e. The van der Waals surface area contributed by atoms with Crippen LogP contribution in [0.15, 0.2) is 47.4 Å². The first kappa shape index (κ1) is 22.5. The monoisotopic (exact) mass is 462 g/mol. The number of aliphatic hydroxyl groups is 1. The number of aliphatic hydroxyl groups excluding tert-OH is 1. The van der Waals surface area contributed by atoms with E-state index in [0.717, 1.165) is 31.6 Å². The maximum atomic E-state index is 13.1. The van der Waals surface area contributed by atoms with E-state index in [1.165, 1.54) is 28.6 Å². The van der Waals surface area contributed by atoms with Crippen LogP contribution in [0, 0.1) is 10.1 Å². The van der Waals surface area contributed by atoms with Gasteiger partial charge in [-0.2, -0.15) is 4.31 Å². The number of benzene rings is 2. The first-order valence-corrected chi connectivity index (χ1v) is 12.0. The zero-order valence-corrected chi connectivity index (χ0v) is 18.3. The Kier molecular flexibility index (Phi) is 6.60. The van der Waals surface area contributed by atoms with E-state index in [-0.39, 0.29) is 29.2 Å². The van der Waals surface area contributed by atoms with Gasteiger partial charge in [0, 0.05) is 32.2 Å². The molecule has 0 amide bonds. The van der Waals surface area contributed by atoms with E-state index in [1.54, 1.807) is 18.2 Å². The highest BCUT2D eigenvalue weighted by Gasteiger charge is 2.29. The third-order valence-corrected chi connectivity index (χ3v) is 7.64. The van der Waals surface area contributed by atoms with Crippen molar-refractivity contribution in [3.8, 4) is 0 Å². The molecule has 0 radical (unpaired) electrons. The van der Waals surface area contributed by atoms with Crippen LogP contribution in [-0.2, 0) is 14.8 Å². The van der Waals surface area contributed by atoms with E-state index in [2.05, 4.69) is 10.2 Å². The van der Waals surface area contributed by atoms with Crippen molar-refractivity contribution in [2.24, 2.45) is 0 Å².